The predicted octanol–water partition coefficient (Wildman–Crippen LogP) is -0.220. The third-order valence-electron chi connectivity index (χ3n) is 3.21. The molecule has 1 heterocycles. The number of amides is 1. The molecule has 8 heteroatoms. The minimum atomic E-state index is -3.46. The van der Waals surface area contributed by atoms with Crippen LogP contribution in [0.3, 0.4) is 0 Å². The first-order chi connectivity index (χ1) is 8.77. The molecule has 0 aliphatic carbocycles. The highest BCUT2D eigenvalue weighted by Crippen LogP contribution is 2.20. The number of aliphatic carboxylic acids is 1. The van der Waals surface area contributed by atoms with Crippen molar-refractivity contribution in [2.24, 2.45) is 0 Å². The van der Waals surface area contributed by atoms with Gasteiger partial charge < -0.3 is 10.4 Å². The van der Waals surface area contributed by atoms with E-state index >= 15 is 0 Å². The van der Waals surface area contributed by atoms with Crippen molar-refractivity contribution in [3.8, 4) is 0 Å². The maximum absolute atomic E-state index is 12.0. The first kappa shape index (κ1) is 15.9. The molecular weight excluding hydrogens is 272 g/mol. The van der Waals surface area contributed by atoms with Crippen molar-refractivity contribution >= 4 is 21.9 Å². The van der Waals surface area contributed by atoms with Gasteiger partial charge in [0.1, 0.15) is 12.1 Å². The number of rotatable bonds is 5. The van der Waals surface area contributed by atoms with Gasteiger partial charge in [-0.2, -0.15) is 4.31 Å². The van der Waals surface area contributed by atoms with Gasteiger partial charge in [0.25, 0.3) is 0 Å². The molecule has 0 radical (unpaired) electrons. The Labute approximate surface area is 113 Å². The number of nitrogens with one attached hydrogen (secondary N) is 1. The van der Waals surface area contributed by atoms with Gasteiger partial charge in [-0.3, -0.25) is 4.79 Å². The molecule has 0 unspecified atom stereocenters. The summed E-state index contributed by atoms with van der Waals surface area (Å²) in [7, 11) is -3.46. The Balaban J connectivity index is 2.81. The monoisotopic (exact) mass is 292 g/mol. The number of piperidine rings is 1. The molecule has 0 aromatic heterocycles. The molecule has 1 aliphatic rings. The molecule has 0 bridgehead atoms. The number of hydrogen-bond acceptors (Lipinski definition) is 4. The highest BCUT2D eigenvalue weighted by Gasteiger charge is 2.35. The molecular formula is C11H20N2O5S. The molecule has 1 amide bonds. The van der Waals surface area contributed by atoms with Gasteiger partial charge in [0.15, 0.2) is 0 Å². The largest absolute Gasteiger partial charge is 0.480 e. The van der Waals surface area contributed by atoms with Gasteiger partial charge in [-0.05, 0) is 19.3 Å². The van der Waals surface area contributed by atoms with Gasteiger partial charge in [0, 0.05) is 6.54 Å². The minimum Gasteiger partial charge on any atom is -0.480 e. The van der Waals surface area contributed by atoms with Crippen LogP contribution in [-0.2, 0) is 19.6 Å². The molecule has 0 aromatic rings. The van der Waals surface area contributed by atoms with Gasteiger partial charge in [0.2, 0.25) is 15.9 Å². The number of carbonyl (C=O) groups excluding carboxylic acids is 1. The molecule has 19 heavy (non-hydrogen) atoms. The Morgan fingerprint density at radius 2 is 2.05 bits per heavy atom. The first-order valence-electron chi connectivity index (χ1n) is 6.27. The van der Waals surface area contributed by atoms with Gasteiger partial charge in [-0.1, -0.05) is 13.3 Å². The van der Waals surface area contributed by atoms with Crippen LogP contribution in [-0.4, -0.2) is 54.6 Å². The molecule has 0 aromatic carbocycles. The summed E-state index contributed by atoms with van der Waals surface area (Å²) in [5, 5.41) is 11.3. The van der Waals surface area contributed by atoms with E-state index in [9.17, 15) is 18.0 Å². The number of nitrogens with zero attached hydrogens (tertiary/aromatic N) is 1. The standard InChI is InChI=1S/C11H20N2O5S/c1-3-8(11(15)16)12-10(14)9-6-4-5-7-13(9)19(2,17)18/h8-9H,3-7H2,1-2H3,(H,12,14)(H,15,16)/t8-,9-/m0/s1. The van der Waals surface area contributed by atoms with E-state index in [1.165, 1.54) is 0 Å². The van der Waals surface area contributed by atoms with E-state index in [2.05, 4.69) is 5.32 Å². The second-order valence-corrected chi connectivity index (χ2v) is 6.63. The number of carboxylic acids is 1. The maximum Gasteiger partial charge on any atom is 0.326 e. The molecule has 1 rings (SSSR count). The van der Waals surface area contributed by atoms with E-state index in [0.717, 1.165) is 17.0 Å². The Bertz CT molecular complexity index is 448. The predicted molar refractivity (Wildman–Crippen MR) is 69.0 cm³/mol. The summed E-state index contributed by atoms with van der Waals surface area (Å²) < 4.78 is 24.4. The summed E-state index contributed by atoms with van der Waals surface area (Å²) in [4.78, 5) is 22.9. The van der Waals surface area contributed by atoms with E-state index in [0.29, 0.717) is 19.4 Å². The maximum atomic E-state index is 12.0. The van der Waals surface area contributed by atoms with Gasteiger partial charge in [-0.25, -0.2) is 13.2 Å². The van der Waals surface area contributed by atoms with Crippen LogP contribution in [0.1, 0.15) is 32.6 Å². The quantitative estimate of drug-likeness (QED) is 0.729. The second-order valence-electron chi connectivity index (χ2n) is 4.69. The smallest absolute Gasteiger partial charge is 0.326 e. The van der Waals surface area contributed by atoms with Crippen molar-refractivity contribution in [2.45, 2.75) is 44.7 Å². The van der Waals surface area contributed by atoms with E-state index in [1.54, 1.807) is 6.92 Å². The Kier molecular flexibility index (Phi) is 5.30. The average Bonchev–Trinajstić information content (AvgIpc) is 2.34. The zero-order chi connectivity index (χ0) is 14.6. The van der Waals surface area contributed by atoms with Crippen LogP contribution in [0.2, 0.25) is 0 Å². The van der Waals surface area contributed by atoms with Crippen molar-refractivity contribution in [1.82, 2.24) is 9.62 Å². The molecule has 2 N–H and O–H groups in total. The highest BCUT2D eigenvalue weighted by molar-refractivity contribution is 7.88. The van der Waals surface area contributed by atoms with Crippen LogP contribution in [0, 0.1) is 0 Å². The lowest BCUT2D eigenvalue weighted by molar-refractivity contribution is -0.142. The van der Waals surface area contributed by atoms with Crippen LogP contribution in [0.25, 0.3) is 0 Å². The highest BCUT2D eigenvalue weighted by atomic mass is 32.2. The average molecular weight is 292 g/mol. The van der Waals surface area contributed by atoms with Crippen molar-refractivity contribution in [1.29, 1.82) is 0 Å². The molecule has 1 aliphatic heterocycles. The fourth-order valence-corrected chi connectivity index (χ4v) is 3.29. The van der Waals surface area contributed by atoms with E-state index in [1.807, 2.05) is 0 Å². The fraction of sp³-hybridized carbons (Fsp3) is 0.818. The summed E-state index contributed by atoms with van der Waals surface area (Å²) in [5.74, 6) is -1.64. The van der Waals surface area contributed by atoms with Crippen LogP contribution < -0.4 is 5.32 Å². The third kappa shape index (κ3) is 4.17. The van der Waals surface area contributed by atoms with Crippen molar-refractivity contribution < 1.29 is 23.1 Å². The fourth-order valence-electron chi connectivity index (χ4n) is 2.17. The topological polar surface area (TPSA) is 104 Å². The third-order valence-corrected chi connectivity index (χ3v) is 4.49. The normalized spacial score (nSPS) is 22.7. The first-order valence-corrected chi connectivity index (χ1v) is 8.12. The van der Waals surface area contributed by atoms with Crippen LogP contribution in [0.5, 0.6) is 0 Å². The molecule has 2 atom stereocenters. The van der Waals surface area contributed by atoms with Crippen molar-refractivity contribution in [3.63, 3.8) is 0 Å². The van der Waals surface area contributed by atoms with E-state index in [4.69, 9.17) is 5.11 Å². The molecule has 1 fully saturated rings. The number of sulfonamides is 1. The lowest BCUT2D eigenvalue weighted by Gasteiger charge is -2.33. The summed E-state index contributed by atoms with van der Waals surface area (Å²) in [6, 6.07) is -1.77. The van der Waals surface area contributed by atoms with Crippen LogP contribution in [0.15, 0.2) is 0 Å². The Hall–Kier alpha value is -1.15. The number of hydrogen-bond donors (Lipinski definition) is 2. The Morgan fingerprint density at radius 1 is 1.42 bits per heavy atom. The SMILES string of the molecule is CC[C@H](NC(=O)[C@@H]1CCCCN1S(C)(=O)=O)C(=O)O. The zero-order valence-electron chi connectivity index (χ0n) is 11.1. The van der Waals surface area contributed by atoms with E-state index < -0.39 is 34.0 Å². The molecule has 1 saturated heterocycles. The van der Waals surface area contributed by atoms with Crippen molar-refractivity contribution in [2.75, 3.05) is 12.8 Å². The minimum absolute atomic E-state index is 0.257. The summed E-state index contributed by atoms with van der Waals surface area (Å²) in [6.07, 6.45) is 3.22. The molecule has 110 valence electrons. The van der Waals surface area contributed by atoms with Crippen molar-refractivity contribution in [3.05, 3.63) is 0 Å². The molecule has 0 saturated carbocycles. The summed E-state index contributed by atoms with van der Waals surface area (Å²) >= 11 is 0. The Morgan fingerprint density at radius 3 is 2.53 bits per heavy atom. The number of carboxylic acid groups (broad SMARTS) is 1. The second kappa shape index (κ2) is 6.33. The summed E-state index contributed by atoms with van der Waals surface area (Å²) in [6.45, 7) is 1.95. The van der Waals surface area contributed by atoms with Gasteiger partial charge in [0.05, 0.1) is 6.26 Å². The summed E-state index contributed by atoms with van der Waals surface area (Å²) in [5.41, 5.74) is 0. The molecule has 0 spiro atoms. The zero-order valence-corrected chi connectivity index (χ0v) is 11.9. The van der Waals surface area contributed by atoms with Crippen LogP contribution in [0.4, 0.5) is 0 Å². The lowest BCUT2D eigenvalue weighted by atomic mass is 10.0. The molecule has 7 nitrogen and oxygen atoms in total. The number of carbonyl (C=O) groups is 2. The van der Waals surface area contributed by atoms with Gasteiger partial charge >= 0.3 is 5.97 Å². The lowest BCUT2D eigenvalue weighted by Crippen LogP contribution is -2.54. The van der Waals surface area contributed by atoms with E-state index in [-0.39, 0.29) is 6.42 Å². The van der Waals surface area contributed by atoms with Gasteiger partial charge in [-0.15, -0.1) is 0 Å². The van der Waals surface area contributed by atoms with Crippen LogP contribution >= 0.6 is 0 Å².